The quantitative estimate of drug-likeness (QED) is 0.720. The van der Waals surface area contributed by atoms with Crippen molar-refractivity contribution in [2.45, 2.75) is 12.1 Å². The van der Waals surface area contributed by atoms with E-state index in [0.29, 0.717) is 10.9 Å². The van der Waals surface area contributed by atoms with Gasteiger partial charge in [0.05, 0.1) is 11.9 Å². The van der Waals surface area contributed by atoms with Crippen molar-refractivity contribution in [3.8, 4) is 5.69 Å². The van der Waals surface area contributed by atoms with Gasteiger partial charge in [-0.25, -0.2) is 9.37 Å². The lowest BCUT2D eigenvalue weighted by molar-refractivity contribution is 0.101. The van der Waals surface area contributed by atoms with E-state index in [4.69, 9.17) is 0 Å². The van der Waals surface area contributed by atoms with E-state index in [-0.39, 0.29) is 5.69 Å². The van der Waals surface area contributed by atoms with E-state index in [1.54, 1.807) is 23.6 Å². The first-order valence-electron chi connectivity index (χ1n) is 7.35. The number of anilines is 1. The van der Waals surface area contributed by atoms with Gasteiger partial charge < -0.3 is 5.32 Å². The van der Waals surface area contributed by atoms with Gasteiger partial charge in [-0.3, -0.25) is 9.36 Å². The summed E-state index contributed by atoms with van der Waals surface area (Å²) >= 11 is 1.44. The second-order valence-electron chi connectivity index (χ2n) is 5.24. The summed E-state index contributed by atoms with van der Waals surface area (Å²) in [4.78, 5) is 16.9. The summed E-state index contributed by atoms with van der Waals surface area (Å²) in [7, 11) is 0. The number of hydrogen-bond donors (Lipinski definition) is 1. The number of benzene rings is 2. The molecule has 0 spiro atoms. The largest absolute Gasteiger partial charge is 0.318 e. The number of nitrogens with one attached hydrogen (secondary N) is 1. The van der Waals surface area contributed by atoms with E-state index >= 15 is 0 Å². The third kappa shape index (κ3) is 3.19. The molecule has 1 aromatic heterocycles. The molecule has 0 unspecified atom stereocenters. The van der Waals surface area contributed by atoms with E-state index in [2.05, 4.69) is 10.3 Å². The zero-order valence-electron chi connectivity index (χ0n) is 13.3. The van der Waals surface area contributed by atoms with Gasteiger partial charge in [0, 0.05) is 5.69 Å². The summed E-state index contributed by atoms with van der Waals surface area (Å²) in [5.41, 5.74) is 2.13. The zero-order chi connectivity index (χ0) is 17.1. The van der Waals surface area contributed by atoms with Crippen molar-refractivity contribution in [1.29, 1.82) is 0 Å². The van der Waals surface area contributed by atoms with Crippen molar-refractivity contribution in [3.05, 3.63) is 71.8 Å². The summed E-state index contributed by atoms with van der Waals surface area (Å²) < 4.78 is 15.7. The summed E-state index contributed by atoms with van der Waals surface area (Å²) in [5, 5.41) is 3.31. The molecule has 0 aliphatic heterocycles. The maximum absolute atomic E-state index is 14.0. The smallest absolute Gasteiger partial charge is 0.274 e. The summed E-state index contributed by atoms with van der Waals surface area (Å²) in [6.45, 7) is 1.80. The normalized spacial score (nSPS) is 10.6. The minimum atomic E-state index is -0.459. The van der Waals surface area contributed by atoms with Gasteiger partial charge >= 0.3 is 0 Å². The first-order valence-corrected chi connectivity index (χ1v) is 8.57. The van der Waals surface area contributed by atoms with Gasteiger partial charge in [-0.15, -0.1) is 0 Å². The molecule has 122 valence electrons. The molecule has 0 aliphatic rings. The van der Waals surface area contributed by atoms with Crippen molar-refractivity contribution in [3.63, 3.8) is 0 Å². The highest BCUT2D eigenvalue weighted by Crippen LogP contribution is 2.23. The van der Waals surface area contributed by atoms with Crippen LogP contribution in [0.2, 0.25) is 0 Å². The highest BCUT2D eigenvalue weighted by molar-refractivity contribution is 7.98. The van der Waals surface area contributed by atoms with Crippen LogP contribution in [0.5, 0.6) is 0 Å². The standard InChI is InChI=1S/C18H16FN3OS/c1-12-8-9-15(14(19)10-12)21-17(23)16-11-20-18(24-2)22(16)13-6-4-3-5-7-13/h3-11H,1-2H3,(H,21,23). The van der Waals surface area contributed by atoms with E-state index in [9.17, 15) is 9.18 Å². The molecule has 0 saturated heterocycles. The molecular weight excluding hydrogens is 325 g/mol. The van der Waals surface area contributed by atoms with Crippen LogP contribution in [0, 0.1) is 12.7 Å². The predicted molar refractivity (Wildman–Crippen MR) is 94.4 cm³/mol. The predicted octanol–water partition coefficient (Wildman–Crippen LogP) is 4.29. The number of hydrogen-bond acceptors (Lipinski definition) is 3. The fourth-order valence-electron chi connectivity index (χ4n) is 2.37. The van der Waals surface area contributed by atoms with Crippen LogP contribution in [-0.2, 0) is 0 Å². The number of nitrogens with zero attached hydrogens (tertiary/aromatic N) is 2. The lowest BCUT2D eigenvalue weighted by Gasteiger charge is -2.11. The van der Waals surface area contributed by atoms with E-state index in [1.807, 2.05) is 36.6 Å². The van der Waals surface area contributed by atoms with Crippen LogP contribution in [0.3, 0.4) is 0 Å². The topological polar surface area (TPSA) is 46.9 Å². The van der Waals surface area contributed by atoms with Crippen molar-refractivity contribution in [2.75, 3.05) is 11.6 Å². The van der Waals surface area contributed by atoms with Gasteiger partial charge in [-0.2, -0.15) is 0 Å². The minimum absolute atomic E-state index is 0.150. The number of imidazole rings is 1. The fraction of sp³-hybridized carbons (Fsp3) is 0.111. The van der Waals surface area contributed by atoms with E-state index < -0.39 is 11.7 Å². The molecule has 0 radical (unpaired) electrons. The highest BCUT2D eigenvalue weighted by Gasteiger charge is 2.18. The lowest BCUT2D eigenvalue weighted by atomic mass is 10.2. The number of halogens is 1. The molecule has 1 amide bonds. The third-order valence-electron chi connectivity index (χ3n) is 3.53. The van der Waals surface area contributed by atoms with Crippen LogP contribution in [-0.4, -0.2) is 21.7 Å². The van der Waals surface area contributed by atoms with Gasteiger partial charge in [0.2, 0.25) is 0 Å². The minimum Gasteiger partial charge on any atom is -0.318 e. The van der Waals surface area contributed by atoms with Crippen LogP contribution in [0.4, 0.5) is 10.1 Å². The Morgan fingerprint density at radius 3 is 2.62 bits per heavy atom. The van der Waals surface area contributed by atoms with Crippen molar-refractivity contribution < 1.29 is 9.18 Å². The van der Waals surface area contributed by atoms with E-state index in [1.165, 1.54) is 24.0 Å². The molecule has 0 atom stereocenters. The Balaban J connectivity index is 1.97. The third-order valence-corrected chi connectivity index (χ3v) is 4.18. The van der Waals surface area contributed by atoms with Gasteiger partial charge in [0.25, 0.3) is 5.91 Å². The summed E-state index contributed by atoms with van der Waals surface area (Å²) in [5.74, 6) is -0.867. The average Bonchev–Trinajstić information content (AvgIpc) is 3.02. The number of aryl methyl sites for hydroxylation is 1. The molecule has 24 heavy (non-hydrogen) atoms. The molecule has 1 N–H and O–H groups in total. The first-order chi connectivity index (χ1) is 11.6. The monoisotopic (exact) mass is 341 g/mol. The number of para-hydroxylation sites is 1. The van der Waals surface area contributed by atoms with Crippen LogP contribution < -0.4 is 5.32 Å². The molecule has 0 bridgehead atoms. The van der Waals surface area contributed by atoms with Gasteiger partial charge in [0.15, 0.2) is 5.16 Å². The SMILES string of the molecule is CSc1ncc(C(=O)Nc2ccc(C)cc2F)n1-c1ccccc1. The number of rotatable bonds is 4. The van der Waals surface area contributed by atoms with Crippen molar-refractivity contribution in [2.24, 2.45) is 0 Å². The van der Waals surface area contributed by atoms with Crippen molar-refractivity contribution >= 4 is 23.4 Å². The second kappa shape index (κ2) is 6.88. The molecule has 1 heterocycles. The highest BCUT2D eigenvalue weighted by atomic mass is 32.2. The Morgan fingerprint density at radius 2 is 1.96 bits per heavy atom. The van der Waals surface area contributed by atoms with Crippen LogP contribution in [0.25, 0.3) is 5.69 Å². The Kier molecular flexibility index (Phi) is 4.66. The molecule has 6 heteroatoms. The molecule has 2 aromatic carbocycles. The van der Waals surface area contributed by atoms with Gasteiger partial charge in [0.1, 0.15) is 11.5 Å². The Bertz CT molecular complexity index is 877. The molecular formula is C18H16FN3OS. The fourth-order valence-corrected chi connectivity index (χ4v) is 2.92. The van der Waals surface area contributed by atoms with Gasteiger partial charge in [-0.05, 0) is 43.0 Å². The first kappa shape index (κ1) is 16.3. The Morgan fingerprint density at radius 1 is 1.21 bits per heavy atom. The molecule has 0 fully saturated rings. The average molecular weight is 341 g/mol. The lowest BCUT2D eigenvalue weighted by Crippen LogP contribution is -2.17. The second-order valence-corrected chi connectivity index (χ2v) is 6.01. The summed E-state index contributed by atoms with van der Waals surface area (Å²) in [6, 6.07) is 14.2. The number of thioether (sulfide) groups is 1. The molecule has 4 nitrogen and oxygen atoms in total. The molecule has 0 saturated carbocycles. The molecule has 3 aromatic rings. The van der Waals surface area contributed by atoms with Crippen molar-refractivity contribution in [1.82, 2.24) is 9.55 Å². The Labute approximate surface area is 143 Å². The Hall–Kier alpha value is -2.60. The zero-order valence-corrected chi connectivity index (χ0v) is 14.1. The van der Waals surface area contributed by atoms with Crippen LogP contribution >= 0.6 is 11.8 Å². The van der Waals surface area contributed by atoms with Crippen LogP contribution in [0.1, 0.15) is 16.1 Å². The number of carbonyl (C=O) groups is 1. The number of amides is 1. The number of carbonyl (C=O) groups excluding carboxylic acids is 1. The molecule has 3 rings (SSSR count). The number of aromatic nitrogens is 2. The van der Waals surface area contributed by atoms with E-state index in [0.717, 1.165) is 11.3 Å². The van der Waals surface area contributed by atoms with Crippen LogP contribution in [0.15, 0.2) is 59.9 Å². The summed E-state index contributed by atoms with van der Waals surface area (Å²) in [6.07, 6.45) is 3.39. The molecule has 0 aliphatic carbocycles. The maximum Gasteiger partial charge on any atom is 0.274 e. The maximum atomic E-state index is 14.0. The van der Waals surface area contributed by atoms with Gasteiger partial charge in [-0.1, -0.05) is 36.0 Å².